The second kappa shape index (κ2) is 6.90. The molecular weight excluding hydrogens is 258 g/mol. The van der Waals surface area contributed by atoms with E-state index in [0.29, 0.717) is 18.0 Å². The molecule has 0 aliphatic rings. The monoisotopic (exact) mass is 285 g/mol. The number of hydrogen-bond acceptors (Lipinski definition) is 2. The van der Waals surface area contributed by atoms with Crippen molar-refractivity contribution in [1.29, 1.82) is 0 Å². The van der Waals surface area contributed by atoms with E-state index in [1.165, 1.54) is 11.1 Å². The summed E-state index contributed by atoms with van der Waals surface area (Å²) < 4.78 is 1.89. The molecule has 3 nitrogen and oxygen atoms in total. The highest BCUT2D eigenvalue weighted by molar-refractivity contribution is 5.22. The Labute approximate surface area is 128 Å². The lowest BCUT2D eigenvalue weighted by Crippen LogP contribution is -2.26. The second-order valence-electron chi connectivity index (χ2n) is 6.32. The second-order valence-corrected chi connectivity index (χ2v) is 6.32. The van der Waals surface area contributed by atoms with Crippen LogP contribution in [0.25, 0.3) is 0 Å². The van der Waals surface area contributed by atoms with Crippen LogP contribution in [0.4, 0.5) is 0 Å². The van der Waals surface area contributed by atoms with Gasteiger partial charge in [0, 0.05) is 30.9 Å². The Morgan fingerprint density at radius 2 is 1.81 bits per heavy atom. The highest BCUT2D eigenvalue weighted by Gasteiger charge is 2.18. The molecular formula is C18H27N3. The quantitative estimate of drug-likeness (QED) is 0.863. The molecule has 3 heteroatoms. The molecule has 114 valence electrons. The molecule has 0 saturated carbocycles. The number of aryl methyl sites for hydroxylation is 2. The van der Waals surface area contributed by atoms with Crippen LogP contribution in [-0.2, 0) is 7.05 Å². The third-order valence-corrected chi connectivity index (χ3v) is 3.88. The lowest BCUT2D eigenvalue weighted by Gasteiger charge is -2.25. The van der Waals surface area contributed by atoms with Crippen LogP contribution in [0.5, 0.6) is 0 Å². The van der Waals surface area contributed by atoms with Gasteiger partial charge in [-0.25, -0.2) is 0 Å². The largest absolute Gasteiger partial charge is 0.303 e. The zero-order valence-corrected chi connectivity index (χ0v) is 13.8. The lowest BCUT2D eigenvalue weighted by atomic mass is 9.95. The molecule has 0 bridgehead atoms. The maximum absolute atomic E-state index is 4.45. The molecule has 1 aromatic carbocycles. The molecule has 0 amide bonds. The summed E-state index contributed by atoms with van der Waals surface area (Å²) in [4.78, 5) is 0. The number of benzene rings is 1. The number of nitrogens with zero attached hydrogens (tertiary/aromatic N) is 2. The summed E-state index contributed by atoms with van der Waals surface area (Å²) in [7, 11) is 1.98. The molecule has 2 rings (SSSR count). The first-order valence-corrected chi connectivity index (χ1v) is 7.78. The van der Waals surface area contributed by atoms with Gasteiger partial charge in [0.1, 0.15) is 0 Å². The molecule has 0 aliphatic heterocycles. The van der Waals surface area contributed by atoms with Gasteiger partial charge < -0.3 is 5.32 Å². The van der Waals surface area contributed by atoms with E-state index in [-0.39, 0.29) is 0 Å². The minimum Gasteiger partial charge on any atom is -0.303 e. The van der Waals surface area contributed by atoms with E-state index in [4.69, 9.17) is 0 Å². The Balaban J connectivity index is 2.17. The van der Waals surface area contributed by atoms with E-state index in [0.717, 1.165) is 12.1 Å². The topological polar surface area (TPSA) is 29.9 Å². The van der Waals surface area contributed by atoms with Crippen LogP contribution in [0, 0.1) is 12.8 Å². The van der Waals surface area contributed by atoms with Gasteiger partial charge in [-0.3, -0.25) is 4.68 Å². The molecule has 1 N–H and O–H groups in total. The first-order valence-electron chi connectivity index (χ1n) is 7.78. The average molecular weight is 285 g/mol. The molecule has 2 unspecified atom stereocenters. The summed E-state index contributed by atoms with van der Waals surface area (Å²) in [6, 6.07) is 11.4. The Morgan fingerprint density at radius 3 is 2.33 bits per heavy atom. The van der Waals surface area contributed by atoms with Gasteiger partial charge in [0.2, 0.25) is 0 Å². The molecule has 21 heavy (non-hydrogen) atoms. The molecule has 1 aromatic heterocycles. The molecule has 0 saturated heterocycles. The molecule has 1 heterocycles. The minimum absolute atomic E-state index is 0.294. The maximum atomic E-state index is 4.45. The van der Waals surface area contributed by atoms with E-state index in [2.05, 4.69) is 74.6 Å². The highest BCUT2D eigenvalue weighted by Crippen LogP contribution is 2.26. The van der Waals surface area contributed by atoms with Crippen molar-refractivity contribution in [3.05, 3.63) is 53.3 Å². The van der Waals surface area contributed by atoms with Crippen molar-refractivity contribution in [1.82, 2.24) is 15.1 Å². The Hall–Kier alpha value is -1.61. The van der Waals surface area contributed by atoms with E-state index in [1.54, 1.807) is 0 Å². The Kier molecular flexibility index (Phi) is 5.18. The lowest BCUT2D eigenvalue weighted by molar-refractivity contribution is 0.393. The molecule has 2 atom stereocenters. The van der Waals surface area contributed by atoms with Gasteiger partial charge in [0.25, 0.3) is 0 Å². The summed E-state index contributed by atoms with van der Waals surface area (Å²) in [5.41, 5.74) is 3.75. The smallest absolute Gasteiger partial charge is 0.0641 e. The van der Waals surface area contributed by atoms with Crippen molar-refractivity contribution in [2.24, 2.45) is 13.0 Å². The first kappa shape index (κ1) is 15.8. The molecule has 0 aliphatic carbocycles. The summed E-state index contributed by atoms with van der Waals surface area (Å²) in [6.07, 6.45) is 3.25. The van der Waals surface area contributed by atoms with Crippen LogP contribution in [0.15, 0.2) is 36.5 Å². The Bertz CT molecular complexity index is 557. The Morgan fingerprint density at radius 1 is 1.14 bits per heavy atom. The van der Waals surface area contributed by atoms with Gasteiger partial charge >= 0.3 is 0 Å². The van der Waals surface area contributed by atoms with Crippen molar-refractivity contribution < 1.29 is 0 Å². The van der Waals surface area contributed by atoms with Crippen molar-refractivity contribution in [3.8, 4) is 0 Å². The number of nitrogens with one attached hydrogen (secondary N) is 1. The van der Waals surface area contributed by atoms with E-state index in [9.17, 15) is 0 Å². The van der Waals surface area contributed by atoms with Crippen LogP contribution >= 0.6 is 0 Å². The standard InChI is InChI=1S/C18H27N3/c1-13(2)11-18(16-9-7-6-8-10-16)19-14(3)17-12-21(5)20-15(17)4/h6-10,12-14,18-19H,11H2,1-5H3. The predicted molar refractivity (Wildman–Crippen MR) is 88.1 cm³/mol. The maximum Gasteiger partial charge on any atom is 0.0641 e. The van der Waals surface area contributed by atoms with Gasteiger partial charge in [-0.2, -0.15) is 5.10 Å². The third kappa shape index (κ3) is 4.18. The van der Waals surface area contributed by atoms with Crippen molar-refractivity contribution in [2.45, 2.75) is 46.2 Å². The summed E-state index contributed by atoms with van der Waals surface area (Å²) in [5.74, 6) is 0.657. The normalized spacial score (nSPS) is 14.4. The van der Waals surface area contributed by atoms with Crippen LogP contribution in [0.1, 0.15) is 56.1 Å². The van der Waals surface area contributed by atoms with E-state index < -0.39 is 0 Å². The van der Waals surface area contributed by atoms with Gasteiger partial charge in [-0.15, -0.1) is 0 Å². The van der Waals surface area contributed by atoms with Gasteiger partial charge in [0.15, 0.2) is 0 Å². The van der Waals surface area contributed by atoms with E-state index >= 15 is 0 Å². The van der Waals surface area contributed by atoms with Crippen LogP contribution in [0.2, 0.25) is 0 Å². The zero-order valence-electron chi connectivity index (χ0n) is 13.8. The molecule has 2 aromatic rings. The summed E-state index contributed by atoms with van der Waals surface area (Å²) >= 11 is 0. The van der Waals surface area contributed by atoms with Crippen LogP contribution in [0.3, 0.4) is 0 Å². The minimum atomic E-state index is 0.294. The third-order valence-electron chi connectivity index (χ3n) is 3.88. The van der Waals surface area contributed by atoms with E-state index in [1.807, 2.05) is 11.7 Å². The summed E-state index contributed by atoms with van der Waals surface area (Å²) in [5, 5.41) is 8.23. The predicted octanol–water partition coefficient (Wildman–Crippen LogP) is 4.17. The van der Waals surface area contributed by atoms with Gasteiger partial charge in [-0.05, 0) is 31.7 Å². The highest BCUT2D eigenvalue weighted by atomic mass is 15.3. The number of hydrogen-bond donors (Lipinski definition) is 1. The fourth-order valence-electron chi connectivity index (χ4n) is 2.89. The fraction of sp³-hybridized carbons (Fsp3) is 0.500. The summed E-state index contributed by atoms with van der Waals surface area (Å²) in [6.45, 7) is 8.85. The molecule has 0 radical (unpaired) electrons. The van der Waals surface area contributed by atoms with Crippen LogP contribution in [-0.4, -0.2) is 9.78 Å². The average Bonchev–Trinajstić information content (AvgIpc) is 2.77. The SMILES string of the molecule is Cc1nn(C)cc1C(C)NC(CC(C)C)c1ccccc1. The zero-order chi connectivity index (χ0) is 15.4. The number of rotatable bonds is 6. The van der Waals surface area contributed by atoms with Crippen molar-refractivity contribution in [3.63, 3.8) is 0 Å². The van der Waals surface area contributed by atoms with Crippen LogP contribution < -0.4 is 5.32 Å². The van der Waals surface area contributed by atoms with Gasteiger partial charge in [-0.1, -0.05) is 44.2 Å². The fourth-order valence-corrected chi connectivity index (χ4v) is 2.89. The molecule has 0 fully saturated rings. The van der Waals surface area contributed by atoms with Gasteiger partial charge in [0.05, 0.1) is 5.69 Å². The first-order chi connectivity index (χ1) is 9.97. The van der Waals surface area contributed by atoms with Crippen molar-refractivity contribution >= 4 is 0 Å². The molecule has 0 spiro atoms. The van der Waals surface area contributed by atoms with Crippen molar-refractivity contribution in [2.75, 3.05) is 0 Å². The number of aromatic nitrogens is 2.